The first kappa shape index (κ1) is 12.0. The Morgan fingerprint density at radius 2 is 2.07 bits per heavy atom. The maximum absolute atomic E-state index is 9.80. The third kappa shape index (κ3) is 3.53. The molecule has 15 heavy (non-hydrogen) atoms. The standard InChI is InChI=1S/C12H18O3/c1-3-8-15-12-7-5-4-6-10(12)11(13)9-14-2/h4-7,11,13H,3,8-9H2,1-2H3. The predicted octanol–water partition coefficient (Wildman–Crippen LogP) is 2.16. The highest BCUT2D eigenvalue weighted by Gasteiger charge is 2.12. The van der Waals surface area contributed by atoms with Crippen LogP contribution in [0.25, 0.3) is 0 Å². The molecule has 0 saturated heterocycles. The van der Waals surface area contributed by atoms with Crippen molar-refractivity contribution in [2.75, 3.05) is 20.3 Å². The van der Waals surface area contributed by atoms with Crippen LogP contribution in [-0.4, -0.2) is 25.4 Å². The van der Waals surface area contributed by atoms with Gasteiger partial charge in [0, 0.05) is 12.7 Å². The lowest BCUT2D eigenvalue weighted by Crippen LogP contribution is -2.08. The smallest absolute Gasteiger partial charge is 0.125 e. The fraction of sp³-hybridized carbons (Fsp3) is 0.500. The molecular formula is C12H18O3. The number of hydrogen-bond donors (Lipinski definition) is 1. The zero-order valence-corrected chi connectivity index (χ0v) is 9.27. The Labute approximate surface area is 90.6 Å². The van der Waals surface area contributed by atoms with E-state index in [0.29, 0.717) is 6.61 Å². The summed E-state index contributed by atoms with van der Waals surface area (Å²) in [4.78, 5) is 0. The molecule has 1 aromatic carbocycles. The van der Waals surface area contributed by atoms with Gasteiger partial charge in [0.15, 0.2) is 0 Å². The van der Waals surface area contributed by atoms with E-state index >= 15 is 0 Å². The zero-order chi connectivity index (χ0) is 11.1. The van der Waals surface area contributed by atoms with Gasteiger partial charge < -0.3 is 14.6 Å². The van der Waals surface area contributed by atoms with Crippen molar-refractivity contribution in [1.29, 1.82) is 0 Å². The van der Waals surface area contributed by atoms with Crippen molar-refractivity contribution in [2.24, 2.45) is 0 Å². The molecule has 0 amide bonds. The Morgan fingerprint density at radius 3 is 2.73 bits per heavy atom. The average molecular weight is 210 g/mol. The minimum Gasteiger partial charge on any atom is -0.493 e. The Bertz CT molecular complexity index is 286. The summed E-state index contributed by atoms with van der Waals surface area (Å²) in [6.45, 7) is 3.00. The molecule has 0 aromatic heterocycles. The van der Waals surface area contributed by atoms with Crippen molar-refractivity contribution >= 4 is 0 Å². The Hall–Kier alpha value is -1.06. The summed E-state index contributed by atoms with van der Waals surface area (Å²) in [5.41, 5.74) is 0.785. The van der Waals surface area contributed by atoms with E-state index in [9.17, 15) is 5.11 Å². The number of methoxy groups -OCH3 is 1. The van der Waals surface area contributed by atoms with Gasteiger partial charge in [0.05, 0.1) is 13.2 Å². The average Bonchev–Trinajstić information content (AvgIpc) is 2.27. The minimum absolute atomic E-state index is 0.284. The topological polar surface area (TPSA) is 38.7 Å². The molecule has 1 N–H and O–H groups in total. The zero-order valence-electron chi connectivity index (χ0n) is 9.27. The predicted molar refractivity (Wildman–Crippen MR) is 59.1 cm³/mol. The van der Waals surface area contributed by atoms with Gasteiger partial charge in [0.1, 0.15) is 11.9 Å². The van der Waals surface area contributed by atoms with Gasteiger partial charge in [-0.1, -0.05) is 25.1 Å². The molecule has 1 unspecified atom stereocenters. The second-order valence-corrected chi connectivity index (χ2v) is 3.36. The number of para-hydroxylation sites is 1. The van der Waals surface area contributed by atoms with Gasteiger partial charge in [-0.2, -0.15) is 0 Å². The summed E-state index contributed by atoms with van der Waals surface area (Å²) in [5.74, 6) is 0.740. The van der Waals surface area contributed by atoms with Crippen LogP contribution in [0.3, 0.4) is 0 Å². The van der Waals surface area contributed by atoms with Crippen LogP contribution in [0.5, 0.6) is 5.75 Å². The lowest BCUT2D eigenvalue weighted by molar-refractivity contribution is 0.0623. The summed E-state index contributed by atoms with van der Waals surface area (Å²) in [6, 6.07) is 7.50. The molecule has 1 aromatic rings. The van der Waals surface area contributed by atoms with E-state index in [1.165, 1.54) is 0 Å². The molecule has 0 spiro atoms. The minimum atomic E-state index is -0.622. The van der Waals surface area contributed by atoms with E-state index in [1.807, 2.05) is 31.2 Å². The second-order valence-electron chi connectivity index (χ2n) is 3.36. The quantitative estimate of drug-likeness (QED) is 0.782. The summed E-state index contributed by atoms with van der Waals surface area (Å²) < 4.78 is 10.5. The van der Waals surface area contributed by atoms with Gasteiger partial charge in [0.2, 0.25) is 0 Å². The van der Waals surface area contributed by atoms with Crippen molar-refractivity contribution in [3.63, 3.8) is 0 Å². The van der Waals surface area contributed by atoms with Crippen LogP contribution in [0.2, 0.25) is 0 Å². The van der Waals surface area contributed by atoms with Crippen molar-refractivity contribution in [1.82, 2.24) is 0 Å². The number of benzene rings is 1. The number of aliphatic hydroxyl groups excluding tert-OH is 1. The first-order valence-electron chi connectivity index (χ1n) is 5.18. The molecule has 1 atom stereocenters. The summed E-state index contributed by atoms with van der Waals surface area (Å²) in [6.07, 6.45) is 0.331. The Kier molecular flexibility index (Phi) is 5.15. The molecular weight excluding hydrogens is 192 g/mol. The molecule has 1 rings (SSSR count). The van der Waals surface area contributed by atoms with Crippen molar-refractivity contribution < 1.29 is 14.6 Å². The highest BCUT2D eigenvalue weighted by molar-refractivity contribution is 5.35. The SMILES string of the molecule is CCCOc1ccccc1C(O)COC. The van der Waals surface area contributed by atoms with Crippen LogP contribution in [0.4, 0.5) is 0 Å². The van der Waals surface area contributed by atoms with Crippen molar-refractivity contribution in [2.45, 2.75) is 19.4 Å². The maximum atomic E-state index is 9.80. The van der Waals surface area contributed by atoms with Gasteiger partial charge in [0.25, 0.3) is 0 Å². The normalized spacial score (nSPS) is 12.5. The molecule has 0 radical (unpaired) electrons. The fourth-order valence-corrected chi connectivity index (χ4v) is 1.35. The molecule has 84 valence electrons. The largest absolute Gasteiger partial charge is 0.493 e. The molecule has 3 nitrogen and oxygen atoms in total. The molecule has 3 heteroatoms. The molecule has 0 bridgehead atoms. The first-order chi connectivity index (χ1) is 7.29. The van der Waals surface area contributed by atoms with Gasteiger partial charge in [-0.25, -0.2) is 0 Å². The van der Waals surface area contributed by atoms with Crippen molar-refractivity contribution in [3.05, 3.63) is 29.8 Å². The molecule has 0 aliphatic rings. The van der Waals surface area contributed by atoms with Crippen LogP contribution in [0, 0.1) is 0 Å². The van der Waals surface area contributed by atoms with Gasteiger partial charge in [-0.05, 0) is 12.5 Å². The monoisotopic (exact) mass is 210 g/mol. The number of rotatable bonds is 6. The molecule has 0 heterocycles. The van der Waals surface area contributed by atoms with E-state index in [2.05, 4.69) is 0 Å². The fourth-order valence-electron chi connectivity index (χ4n) is 1.35. The molecule has 0 aliphatic heterocycles. The summed E-state index contributed by atoms with van der Waals surface area (Å²) in [5, 5.41) is 9.80. The lowest BCUT2D eigenvalue weighted by Gasteiger charge is -2.15. The summed E-state index contributed by atoms with van der Waals surface area (Å²) >= 11 is 0. The third-order valence-electron chi connectivity index (χ3n) is 2.06. The molecule has 0 saturated carbocycles. The Balaban J connectivity index is 2.75. The summed E-state index contributed by atoms with van der Waals surface area (Å²) in [7, 11) is 1.57. The van der Waals surface area contributed by atoms with Crippen LogP contribution in [-0.2, 0) is 4.74 Å². The van der Waals surface area contributed by atoms with Crippen LogP contribution in [0.15, 0.2) is 24.3 Å². The van der Waals surface area contributed by atoms with E-state index in [0.717, 1.165) is 17.7 Å². The van der Waals surface area contributed by atoms with E-state index in [-0.39, 0.29) is 6.61 Å². The number of ether oxygens (including phenoxy) is 2. The van der Waals surface area contributed by atoms with E-state index in [1.54, 1.807) is 7.11 Å². The van der Waals surface area contributed by atoms with Gasteiger partial charge >= 0.3 is 0 Å². The van der Waals surface area contributed by atoms with E-state index < -0.39 is 6.10 Å². The van der Waals surface area contributed by atoms with Crippen molar-refractivity contribution in [3.8, 4) is 5.75 Å². The highest BCUT2D eigenvalue weighted by atomic mass is 16.5. The molecule has 0 fully saturated rings. The Morgan fingerprint density at radius 1 is 1.33 bits per heavy atom. The molecule has 0 aliphatic carbocycles. The number of hydrogen-bond acceptors (Lipinski definition) is 3. The first-order valence-corrected chi connectivity index (χ1v) is 5.18. The maximum Gasteiger partial charge on any atom is 0.125 e. The van der Waals surface area contributed by atoms with Crippen LogP contribution < -0.4 is 4.74 Å². The van der Waals surface area contributed by atoms with Crippen LogP contribution in [0.1, 0.15) is 25.0 Å². The van der Waals surface area contributed by atoms with Crippen LogP contribution >= 0.6 is 0 Å². The second kappa shape index (κ2) is 6.43. The number of aliphatic hydroxyl groups is 1. The van der Waals surface area contributed by atoms with Gasteiger partial charge in [-0.15, -0.1) is 0 Å². The lowest BCUT2D eigenvalue weighted by atomic mass is 10.1. The third-order valence-corrected chi connectivity index (χ3v) is 2.06. The van der Waals surface area contributed by atoms with Gasteiger partial charge in [-0.3, -0.25) is 0 Å². The highest BCUT2D eigenvalue weighted by Crippen LogP contribution is 2.25. The van der Waals surface area contributed by atoms with E-state index in [4.69, 9.17) is 9.47 Å².